The van der Waals surface area contributed by atoms with Crippen molar-refractivity contribution in [1.82, 2.24) is 9.97 Å². The molecule has 4 heteroatoms. The second-order valence-electron chi connectivity index (χ2n) is 7.27. The van der Waals surface area contributed by atoms with Gasteiger partial charge in [-0.2, -0.15) is 0 Å². The van der Waals surface area contributed by atoms with Crippen LogP contribution in [0.25, 0.3) is 33.6 Å². The summed E-state index contributed by atoms with van der Waals surface area (Å²) in [6.45, 7) is 4.12. The van der Waals surface area contributed by atoms with Crippen LogP contribution in [-0.2, 0) is 12.8 Å². The average molecular weight is 396 g/mol. The highest BCUT2D eigenvalue weighted by Gasteiger charge is 2.09. The minimum atomic E-state index is 0.264. The fourth-order valence-electron chi connectivity index (χ4n) is 3.49. The van der Waals surface area contributed by atoms with Crippen LogP contribution in [0, 0.1) is 0 Å². The van der Waals surface area contributed by atoms with E-state index in [1.807, 2.05) is 48.5 Å². The van der Waals surface area contributed by atoms with Gasteiger partial charge in [0.25, 0.3) is 0 Å². The van der Waals surface area contributed by atoms with Gasteiger partial charge >= 0.3 is 0 Å². The number of hydrogen-bond acceptors (Lipinski definition) is 4. The molecule has 4 aromatic rings. The third kappa shape index (κ3) is 3.90. The number of rotatable bonds is 5. The van der Waals surface area contributed by atoms with Gasteiger partial charge in [-0.1, -0.05) is 50.2 Å². The molecule has 2 aromatic carbocycles. The standard InChI is InChI=1S/C26H24N2O2/c1-3-17-5-9-21(25(29)13-17)19-7-11-23(27-15-19)24-12-8-20(16-28-24)22-10-6-18(4-2)14-26(22)30/h5-16,29-30H,3-4H2,1-2H3. The fraction of sp³-hybridized carbons (Fsp3) is 0.154. The van der Waals surface area contributed by atoms with Crippen LogP contribution >= 0.6 is 0 Å². The molecule has 0 fully saturated rings. The summed E-state index contributed by atoms with van der Waals surface area (Å²) in [6.07, 6.45) is 5.27. The third-order valence-corrected chi connectivity index (χ3v) is 5.35. The first-order chi connectivity index (χ1) is 14.6. The molecule has 2 heterocycles. The van der Waals surface area contributed by atoms with Gasteiger partial charge in [0.2, 0.25) is 0 Å². The van der Waals surface area contributed by atoms with E-state index in [4.69, 9.17) is 0 Å². The average Bonchev–Trinajstić information content (AvgIpc) is 2.79. The molecule has 150 valence electrons. The van der Waals surface area contributed by atoms with Crippen molar-refractivity contribution < 1.29 is 10.2 Å². The summed E-state index contributed by atoms with van der Waals surface area (Å²) in [5.74, 6) is 0.528. The Bertz CT molecular complexity index is 1070. The Balaban J connectivity index is 1.58. The molecule has 0 aliphatic rings. The van der Waals surface area contributed by atoms with Crippen molar-refractivity contribution in [2.45, 2.75) is 26.7 Å². The SMILES string of the molecule is CCc1ccc(-c2ccc(-c3ccc(-c4ccc(CC)cc4O)cn3)nc2)c(O)c1. The fourth-order valence-corrected chi connectivity index (χ4v) is 3.49. The zero-order chi connectivity index (χ0) is 21.1. The van der Waals surface area contributed by atoms with Gasteiger partial charge in [0.1, 0.15) is 11.5 Å². The molecular formula is C26H24N2O2. The Hall–Kier alpha value is -3.66. The largest absolute Gasteiger partial charge is 0.507 e. The van der Waals surface area contributed by atoms with Crippen molar-refractivity contribution in [3.63, 3.8) is 0 Å². The number of aryl methyl sites for hydroxylation is 2. The van der Waals surface area contributed by atoms with Gasteiger partial charge in [-0.3, -0.25) is 9.97 Å². The Morgan fingerprint density at radius 2 is 1.03 bits per heavy atom. The van der Waals surface area contributed by atoms with Crippen LogP contribution < -0.4 is 0 Å². The maximum atomic E-state index is 10.3. The number of aromatic nitrogens is 2. The normalized spacial score (nSPS) is 10.9. The van der Waals surface area contributed by atoms with Crippen molar-refractivity contribution in [3.05, 3.63) is 84.2 Å². The number of phenols is 2. The van der Waals surface area contributed by atoms with Gasteiger partial charge in [-0.05, 0) is 48.2 Å². The van der Waals surface area contributed by atoms with Gasteiger partial charge in [-0.15, -0.1) is 0 Å². The van der Waals surface area contributed by atoms with Gasteiger partial charge in [0.05, 0.1) is 11.4 Å². The molecule has 0 saturated carbocycles. The second-order valence-corrected chi connectivity index (χ2v) is 7.27. The number of benzene rings is 2. The second kappa shape index (κ2) is 8.37. The predicted molar refractivity (Wildman–Crippen MR) is 120 cm³/mol. The first kappa shape index (κ1) is 19.6. The Labute approximate surface area is 176 Å². The number of aromatic hydroxyl groups is 2. The minimum Gasteiger partial charge on any atom is -0.507 e. The topological polar surface area (TPSA) is 66.2 Å². The lowest BCUT2D eigenvalue weighted by Gasteiger charge is -2.09. The van der Waals surface area contributed by atoms with E-state index in [1.165, 1.54) is 0 Å². The van der Waals surface area contributed by atoms with Crippen molar-refractivity contribution >= 4 is 0 Å². The van der Waals surface area contributed by atoms with Crippen molar-refractivity contribution in [2.75, 3.05) is 0 Å². The Morgan fingerprint density at radius 1 is 0.600 bits per heavy atom. The molecule has 0 saturated heterocycles. The van der Waals surface area contributed by atoms with E-state index in [2.05, 4.69) is 23.8 Å². The van der Waals surface area contributed by atoms with E-state index in [9.17, 15) is 10.2 Å². The molecule has 2 aromatic heterocycles. The molecule has 0 aliphatic carbocycles. The highest BCUT2D eigenvalue weighted by atomic mass is 16.3. The summed E-state index contributed by atoms with van der Waals surface area (Å²) in [6, 6.07) is 19.2. The highest BCUT2D eigenvalue weighted by Crippen LogP contribution is 2.32. The molecule has 4 nitrogen and oxygen atoms in total. The highest BCUT2D eigenvalue weighted by molar-refractivity contribution is 5.73. The molecule has 0 bridgehead atoms. The predicted octanol–water partition coefficient (Wildman–Crippen LogP) is 6.01. The van der Waals surface area contributed by atoms with Crippen molar-refractivity contribution in [2.24, 2.45) is 0 Å². The third-order valence-electron chi connectivity index (χ3n) is 5.35. The number of nitrogens with zero attached hydrogens (tertiary/aromatic N) is 2. The van der Waals surface area contributed by atoms with E-state index < -0.39 is 0 Å². The van der Waals surface area contributed by atoms with Gasteiger partial charge in [0, 0.05) is 34.6 Å². The van der Waals surface area contributed by atoms with E-state index in [-0.39, 0.29) is 11.5 Å². The summed E-state index contributed by atoms with van der Waals surface area (Å²) in [5, 5.41) is 20.6. The molecule has 0 atom stereocenters. The minimum absolute atomic E-state index is 0.264. The molecule has 0 unspecified atom stereocenters. The van der Waals surface area contributed by atoms with Crippen LogP contribution in [0.15, 0.2) is 73.1 Å². The molecule has 0 aliphatic heterocycles. The summed E-state index contributed by atoms with van der Waals surface area (Å²) < 4.78 is 0. The summed E-state index contributed by atoms with van der Waals surface area (Å²) >= 11 is 0. The summed E-state index contributed by atoms with van der Waals surface area (Å²) in [4.78, 5) is 9.06. The maximum absolute atomic E-state index is 10.3. The molecule has 0 amide bonds. The molecule has 0 spiro atoms. The van der Waals surface area contributed by atoms with E-state index in [1.54, 1.807) is 24.5 Å². The summed E-state index contributed by atoms with van der Waals surface area (Å²) in [7, 11) is 0. The molecular weight excluding hydrogens is 372 g/mol. The van der Waals surface area contributed by atoms with Crippen molar-refractivity contribution in [1.29, 1.82) is 0 Å². The van der Waals surface area contributed by atoms with Crippen LogP contribution in [-0.4, -0.2) is 20.2 Å². The molecule has 2 N–H and O–H groups in total. The van der Waals surface area contributed by atoms with Crippen LogP contribution in [0.3, 0.4) is 0 Å². The zero-order valence-corrected chi connectivity index (χ0v) is 17.1. The monoisotopic (exact) mass is 396 g/mol. The van der Waals surface area contributed by atoms with Crippen LogP contribution in [0.2, 0.25) is 0 Å². The van der Waals surface area contributed by atoms with E-state index in [0.717, 1.165) is 57.6 Å². The van der Waals surface area contributed by atoms with Gasteiger partial charge in [-0.25, -0.2) is 0 Å². The van der Waals surface area contributed by atoms with Crippen LogP contribution in [0.1, 0.15) is 25.0 Å². The van der Waals surface area contributed by atoms with Crippen molar-refractivity contribution in [3.8, 4) is 45.1 Å². The Kier molecular flexibility index (Phi) is 5.48. The summed E-state index contributed by atoms with van der Waals surface area (Å²) in [5.41, 5.74) is 6.94. The van der Waals surface area contributed by atoms with E-state index >= 15 is 0 Å². The van der Waals surface area contributed by atoms with Crippen LogP contribution in [0.4, 0.5) is 0 Å². The number of phenolic OH excluding ortho intramolecular Hbond substituents is 2. The molecule has 0 radical (unpaired) electrons. The smallest absolute Gasteiger partial charge is 0.123 e. The molecule has 30 heavy (non-hydrogen) atoms. The molecule has 4 rings (SSSR count). The van der Waals surface area contributed by atoms with E-state index in [0.29, 0.717) is 0 Å². The maximum Gasteiger partial charge on any atom is 0.123 e. The quantitative estimate of drug-likeness (QED) is 0.433. The lowest BCUT2D eigenvalue weighted by atomic mass is 10.0. The zero-order valence-electron chi connectivity index (χ0n) is 17.1. The number of hydrogen-bond donors (Lipinski definition) is 2. The van der Waals surface area contributed by atoms with Gasteiger partial charge < -0.3 is 10.2 Å². The number of pyridine rings is 2. The lowest BCUT2D eigenvalue weighted by molar-refractivity contribution is 0.476. The Morgan fingerprint density at radius 3 is 1.33 bits per heavy atom. The lowest BCUT2D eigenvalue weighted by Crippen LogP contribution is -1.90. The first-order valence-corrected chi connectivity index (χ1v) is 10.2. The first-order valence-electron chi connectivity index (χ1n) is 10.2. The van der Waals surface area contributed by atoms with Gasteiger partial charge in [0.15, 0.2) is 0 Å². The van der Waals surface area contributed by atoms with Crippen LogP contribution in [0.5, 0.6) is 11.5 Å².